The molecular formula is C16H25FN2O2. The Morgan fingerprint density at radius 3 is 2.90 bits per heavy atom. The van der Waals surface area contributed by atoms with E-state index in [-0.39, 0.29) is 17.6 Å². The molecule has 1 aliphatic heterocycles. The molecule has 1 saturated heterocycles. The van der Waals surface area contributed by atoms with Crippen molar-refractivity contribution in [3.63, 3.8) is 0 Å². The predicted molar refractivity (Wildman–Crippen MR) is 80.9 cm³/mol. The maximum atomic E-state index is 13.7. The molecule has 0 amide bonds. The van der Waals surface area contributed by atoms with Crippen LogP contribution < -0.4 is 10.5 Å². The van der Waals surface area contributed by atoms with Crippen molar-refractivity contribution < 1.29 is 13.9 Å². The van der Waals surface area contributed by atoms with Gasteiger partial charge in [0.25, 0.3) is 0 Å². The minimum Gasteiger partial charge on any atom is -0.494 e. The van der Waals surface area contributed by atoms with Gasteiger partial charge in [-0.1, -0.05) is 6.07 Å². The molecule has 4 nitrogen and oxygen atoms in total. The third-order valence-corrected chi connectivity index (χ3v) is 4.06. The van der Waals surface area contributed by atoms with Gasteiger partial charge >= 0.3 is 0 Å². The summed E-state index contributed by atoms with van der Waals surface area (Å²) in [5.41, 5.74) is 7.03. The average molecular weight is 296 g/mol. The molecular weight excluding hydrogens is 271 g/mol. The van der Waals surface area contributed by atoms with Crippen LogP contribution in [-0.2, 0) is 4.74 Å². The number of benzene rings is 1. The topological polar surface area (TPSA) is 47.7 Å². The van der Waals surface area contributed by atoms with Crippen molar-refractivity contribution >= 4 is 0 Å². The van der Waals surface area contributed by atoms with Crippen molar-refractivity contribution in [2.45, 2.75) is 18.9 Å². The highest BCUT2D eigenvalue weighted by atomic mass is 19.1. The molecule has 118 valence electrons. The molecule has 1 aliphatic rings. The zero-order valence-electron chi connectivity index (χ0n) is 12.8. The van der Waals surface area contributed by atoms with E-state index in [1.165, 1.54) is 19.6 Å². The van der Waals surface area contributed by atoms with Crippen molar-refractivity contribution in [1.82, 2.24) is 4.90 Å². The summed E-state index contributed by atoms with van der Waals surface area (Å²) >= 11 is 0. The number of ether oxygens (including phenoxy) is 2. The summed E-state index contributed by atoms with van der Waals surface area (Å²) in [6.07, 6.45) is 2.37. The van der Waals surface area contributed by atoms with Crippen molar-refractivity contribution in [2.75, 3.05) is 40.5 Å². The van der Waals surface area contributed by atoms with E-state index in [2.05, 4.69) is 4.90 Å². The highest BCUT2D eigenvalue weighted by molar-refractivity contribution is 5.31. The molecule has 1 aromatic carbocycles. The molecule has 1 heterocycles. The molecule has 2 atom stereocenters. The SMILES string of the molecule is COCC1CCCN(CC(N)c2ccc(OC)c(F)c2)C1. The fourth-order valence-electron chi connectivity index (χ4n) is 2.99. The van der Waals surface area contributed by atoms with E-state index in [0.29, 0.717) is 5.92 Å². The highest BCUT2D eigenvalue weighted by Gasteiger charge is 2.22. The van der Waals surface area contributed by atoms with Gasteiger partial charge in [0.15, 0.2) is 11.6 Å². The monoisotopic (exact) mass is 296 g/mol. The van der Waals surface area contributed by atoms with E-state index < -0.39 is 0 Å². The Hall–Kier alpha value is -1.17. The van der Waals surface area contributed by atoms with Gasteiger partial charge < -0.3 is 20.1 Å². The first-order valence-corrected chi connectivity index (χ1v) is 7.44. The molecule has 1 fully saturated rings. The van der Waals surface area contributed by atoms with Gasteiger partial charge in [-0.05, 0) is 43.0 Å². The van der Waals surface area contributed by atoms with Gasteiger partial charge in [0, 0.05) is 26.2 Å². The van der Waals surface area contributed by atoms with E-state index in [9.17, 15) is 4.39 Å². The van der Waals surface area contributed by atoms with Gasteiger partial charge in [-0.2, -0.15) is 0 Å². The van der Waals surface area contributed by atoms with Gasteiger partial charge in [0.2, 0.25) is 0 Å². The molecule has 2 N–H and O–H groups in total. The number of rotatable bonds is 6. The first-order chi connectivity index (χ1) is 10.1. The highest BCUT2D eigenvalue weighted by Crippen LogP contribution is 2.23. The van der Waals surface area contributed by atoms with Crippen LogP contribution in [0.1, 0.15) is 24.4 Å². The Balaban J connectivity index is 1.94. The minimum atomic E-state index is -0.360. The van der Waals surface area contributed by atoms with Crippen LogP contribution >= 0.6 is 0 Å². The van der Waals surface area contributed by atoms with Crippen molar-refractivity contribution in [1.29, 1.82) is 0 Å². The fourth-order valence-corrected chi connectivity index (χ4v) is 2.99. The van der Waals surface area contributed by atoms with Crippen LogP contribution in [0.25, 0.3) is 0 Å². The molecule has 0 saturated carbocycles. The quantitative estimate of drug-likeness (QED) is 0.874. The van der Waals surface area contributed by atoms with Crippen LogP contribution in [0.4, 0.5) is 4.39 Å². The lowest BCUT2D eigenvalue weighted by atomic mass is 9.97. The second-order valence-corrected chi connectivity index (χ2v) is 5.72. The Labute approximate surface area is 126 Å². The summed E-state index contributed by atoms with van der Waals surface area (Å²) in [6.45, 7) is 3.58. The first-order valence-electron chi connectivity index (χ1n) is 7.44. The number of hydrogen-bond acceptors (Lipinski definition) is 4. The molecule has 2 unspecified atom stereocenters. The second kappa shape index (κ2) is 7.73. The summed E-state index contributed by atoms with van der Waals surface area (Å²) in [7, 11) is 3.20. The van der Waals surface area contributed by atoms with Crippen LogP contribution in [-0.4, -0.2) is 45.4 Å². The fraction of sp³-hybridized carbons (Fsp3) is 0.625. The summed E-state index contributed by atoms with van der Waals surface area (Å²) in [4.78, 5) is 2.35. The molecule has 0 spiro atoms. The summed E-state index contributed by atoms with van der Waals surface area (Å²) < 4.78 is 23.9. The Kier molecular flexibility index (Phi) is 5.96. The summed E-state index contributed by atoms with van der Waals surface area (Å²) in [6, 6.07) is 4.75. The van der Waals surface area contributed by atoms with Gasteiger partial charge in [-0.3, -0.25) is 0 Å². The van der Waals surface area contributed by atoms with Crippen molar-refractivity contribution in [2.24, 2.45) is 11.7 Å². The van der Waals surface area contributed by atoms with E-state index in [1.54, 1.807) is 13.2 Å². The number of halogens is 1. The second-order valence-electron chi connectivity index (χ2n) is 5.72. The van der Waals surface area contributed by atoms with E-state index >= 15 is 0 Å². The normalized spacial score (nSPS) is 21.2. The van der Waals surface area contributed by atoms with Crippen molar-refractivity contribution in [3.8, 4) is 5.75 Å². The van der Waals surface area contributed by atoms with E-state index in [1.807, 2.05) is 6.07 Å². The van der Waals surface area contributed by atoms with E-state index in [0.717, 1.165) is 38.2 Å². The van der Waals surface area contributed by atoms with Crippen LogP contribution in [0.3, 0.4) is 0 Å². The zero-order chi connectivity index (χ0) is 15.2. The average Bonchev–Trinajstić information content (AvgIpc) is 2.48. The molecule has 0 aliphatic carbocycles. The number of nitrogens with zero attached hydrogens (tertiary/aromatic N) is 1. The van der Waals surface area contributed by atoms with Gasteiger partial charge in [-0.25, -0.2) is 4.39 Å². The van der Waals surface area contributed by atoms with E-state index in [4.69, 9.17) is 15.2 Å². The zero-order valence-corrected chi connectivity index (χ0v) is 12.8. The number of nitrogens with two attached hydrogens (primary N) is 1. The standard InChI is InChI=1S/C16H25FN2O2/c1-20-11-12-4-3-7-19(9-12)10-15(18)13-5-6-16(21-2)14(17)8-13/h5-6,8,12,15H,3-4,7,9-11,18H2,1-2H3. The molecule has 0 radical (unpaired) electrons. The van der Waals surface area contributed by atoms with Crippen LogP contribution in [0.2, 0.25) is 0 Å². The lowest BCUT2D eigenvalue weighted by Crippen LogP contribution is -2.41. The first kappa shape index (κ1) is 16.2. The number of hydrogen-bond donors (Lipinski definition) is 1. The molecule has 2 rings (SSSR count). The predicted octanol–water partition coefficient (Wildman–Crippen LogP) is 2.19. The summed E-state index contributed by atoms with van der Waals surface area (Å²) in [5.74, 6) is 0.467. The van der Waals surface area contributed by atoms with Crippen molar-refractivity contribution in [3.05, 3.63) is 29.6 Å². The lowest BCUT2D eigenvalue weighted by Gasteiger charge is -2.34. The lowest BCUT2D eigenvalue weighted by molar-refractivity contribution is 0.0878. The smallest absolute Gasteiger partial charge is 0.165 e. The van der Waals surface area contributed by atoms with Crippen LogP contribution in [0.15, 0.2) is 18.2 Å². The van der Waals surface area contributed by atoms with Gasteiger partial charge in [0.1, 0.15) is 0 Å². The number of piperidine rings is 1. The van der Waals surface area contributed by atoms with Crippen LogP contribution in [0, 0.1) is 11.7 Å². The Morgan fingerprint density at radius 1 is 1.43 bits per heavy atom. The third kappa shape index (κ3) is 4.40. The molecule has 0 aromatic heterocycles. The number of likely N-dealkylation sites (tertiary alicyclic amines) is 1. The Bertz CT molecular complexity index is 454. The molecule has 21 heavy (non-hydrogen) atoms. The van der Waals surface area contributed by atoms with Crippen LogP contribution in [0.5, 0.6) is 5.75 Å². The maximum Gasteiger partial charge on any atom is 0.165 e. The molecule has 0 bridgehead atoms. The molecule has 1 aromatic rings. The largest absolute Gasteiger partial charge is 0.494 e. The third-order valence-electron chi connectivity index (χ3n) is 4.06. The Morgan fingerprint density at radius 2 is 2.24 bits per heavy atom. The van der Waals surface area contributed by atoms with Gasteiger partial charge in [0.05, 0.1) is 13.7 Å². The molecule has 5 heteroatoms. The minimum absolute atomic E-state index is 0.188. The van der Waals surface area contributed by atoms with Gasteiger partial charge in [-0.15, -0.1) is 0 Å². The summed E-state index contributed by atoms with van der Waals surface area (Å²) in [5, 5.41) is 0. The number of methoxy groups -OCH3 is 2. The maximum absolute atomic E-state index is 13.7.